The van der Waals surface area contributed by atoms with E-state index in [1.807, 2.05) is 49.5 Å². The number of aryl methyl sites for hydroxylation is 2. The molecule has 0 bridgehead atoms. The second-order valence-corrected chi connectivity index (χ2v) is 7.32. The number of carbonyl (C=O) groups excluding carboxylic acids is 1. The summed E-state index contributed by atoms with van der Waals surface area (Å²) in [5.41, 5.74) is 9.32. The van der Waals surface area contributed by atoms with Gasteiger partial charge >= 0.3 is 0 Å². The summed E-state index contributed by atoms with van der Waals surface area (Å²) in [6.07, 6.45) is 10.7. The Morgan fingerprint density at radius 1 is 1.19 bits per heavy atom. The van der Waals surface area contributed by atoms with Crippen molar-refractivity contribution in [2.75, 3.05) is 12.3 Å². The predicted octanol–water partition coefficient (Wildman–Crippen LogP) is 3.18. The van der Waals surface area contributed by atoms with E-state index in [2.05, 4.69) is 25.6 Å². The van der Waals surface area contributed by atoms with Crippen LogP contribution < -0.4 is 11.1 Å². The Labute approximate surface area is 188 Å². The summed E-state index contributed by atoms with van der Waals surface area (Å²) in [4.78, 5) is 19.3. The third-order valence-electron chi connectivity index (χ3n) is 4.78. The number of halogens is 1. The van der Waals surface area contributed by atoms with Crippen molar-refractivity contribution in [3.8, 4) is 0 Å². The minimum Gasteiger partial charge on any atom is -0.369 e. The summed E-state index contributed by atoms with van der Waals surface area (Å²) >= 11 is 0. The van der Waals surface area contributed by atoms with Gasteiger partial charge in [0.25, 0.3) is 0 Å². The number of amides is 1. The van der Waals surface area contributed by atoms with Crippen LogP contribution in [0.15, 0.2) is 48.3 Å². The smallest absolute Gasteiger partial charge is 0.246 e. The van der Waals surface area contributed by atoms with Crippen molar-refractivity contribution in [2.45, 2.75) is 45.6 Å². The lowest BCUT2D eigenvalue weighted by Gasteiger charge is -2.05. The zero-order valence-corrected chi connectivity index (χ0v) is 18.6. The highest BCUT2D eigenvalue weighted by atomic mass is 35.5. The lowest BCUT2D eigenvalue weighted by Crippen LogP contribution is -2.27. The molecule has 0 atom stereocenters. The van der Waals surface area contributed by atoms with Gasteiger partial charge in [-0.25, -0.2) is 4.98 Å². The van der Waals surface area contributed by atoms with Crippen LogP contribution in [0.4, 0.5) is 5.95 Å². The number of H-pyrrole nitrogens is 1. The molecule has 0 fully saturated rings. The Balaban J connectivity index is 0.00000341. The molecular weight excluding hydrogens is 414 g/mol. The molecule has 1 aromatic carbocycles. The van der Waals surface area contributed by atoms with E-state index in [4.69, 9.17) is 5.73 Å². The van der Waals surface area contributed by atoms with Crippen LogP contribution in [0.5, 0.6) is 0 Å². The molecule has 0 saturated heterocycles. The molecule has 3 rings (SSSR count). The number of aromatic amines is 1. The van der Waals surface area contributed by atoms with Crippen molar-refractivity contribution in [3.05, 3.63) is 65.2 Å². The Bertz CT molecular complexity index is 965. The van der Waals surface area contributed by atoms with Crippen molar-refractivity contribution in [3.63, 3.8) is 0 Å². The van der Waals surface area contributed by atoms with Crippen LogP contribution in [0.1, 0.15) is 43.1 Å². The second kappa shape index (κ2) is 12.5. The molecule has 0 aliphatic carbocycles. The number of hydrogen-bond acceptors (Lipinski definition) is 5. The third kappa shape index (κ3) is 8.25. The molecular formula is C22H30ClN7O. The van der Waals surface area contributed by atoms with Gasteiger partial charge in [0.1, 0.15) is 0 Å². The highest BCUT2D eigenvalue weighted by Gasteiger charge is 2.05. The Morgan fingerprint density at radius 3 is 2.71 bits per heavy atom. The van der Waals surface area contributed by atoms with Crippen LogP contribution in [0.2, 0.25) is 0 Å². The zero-order valence-electron chi connectivity index (χ0n) is 17.8. The fourth-order valence-corrected chi connectivity index (χ4v) is 3.15. The summed E-state index contributed by atoms with van der Waals surface area (Å²) < 4.78 is 1.78. The molecule has 4 N–H and O–H groups in total. The number of carbonyl (C=O) groups is 1. The van der Waals surface area contributed by atoms with Gasteiger partial charge in [0, 0.05) is 24.0 Å². The van der Waals surface area contributed by atoms with E-state index in [9.17, 15) is 4.79 Å². The predicted molar refractivity (Wildman–Crippen MR) is 125 cm³/mol. The van der Waals surface area contributed by atoms with Crippen molar-refractivity contribution >= 4 is 30.3 Å². The fraction of sp³-hybridized carbons (Fsp3) is 0.364. The van der Waals surface area contributed by atoms with E-state index >= 15 is 0 Å². The van der Waals surface area contributed by atoms with Crippen molar-refractivity contribution in [2.24, 2.45) is 0 Å². The molecule has 0 aliphatic rings. The zero-order chi connectivity index (χ0) is 21.2. The standard InChI is InChI=1S/C22H29N7O.ClH/c1-17(14-18-8-4-2-5-9-18)21(30)24-12-13-29-16-20(27-28-29)11-7-3-6-10-19-15-25-22(23)26-19;/h2,4-5,8-9,14-16H,3,6-7,10-13H2,1H3,(H,24,30)(H3,23,25,26);1H. The van der Waals surface area contributed by atoms with E-state index in [1.54, 1.807) is 10.9 Å². The number of nitrogens with zero attached hydrogens (tertiary/aromatic N) is 4. The Morgan fingerprint density at radius 2 is 1.97 bits per heavy atom. The SMILES string of the molecule is CC(=Cc1ccccc1)C(=O)NCCn1cc(CCCCCc2cnc(N)[nH]2)nn1.Cl. The number of imidazole rings is 1. The first kappa shape index (κ1) is 24.1. The largest absolute Gasteiger partial charge is 0.369 e. The van der Waals surface area contributed by atoms with Crippen molar-refractivity contribution < 1.29 is 4.79 Å². The molecule has 166 valence electrons. The number of aromatic nitrogens is 5. The van der Waals surface area contributed by atoms with Gasteiger partial charge in [-0.3, -0.25) is 9.48 Å². The highest BCUT2D eigenvalue weighted by molar-refractivity contribution is 5.97. The first-order chi connectivity index (χ1) is 14.6. The molecule has 0 saturated carbocycles. The third-order valence-corrected chi connectivity index (χ3v) is 4.78. The summed E-state index contributed by atoms with van der Waals surface area (Å²) in [5, 5.41) is 11.3. The maximum absolute atomic E-state index is 12.2. The molecule has 0 radical (unpaired) electrons. The van der Waals surface area contributed by atoms with Gasteiger partial charge in [-0.15, -0.1) is 17.5 Å². The van der Waals surface area contributed by atoms with Crippen LogP contribution in [0, 0.1) is 0 Å². The van der Waals surface area contributed by atoms with Crippen LogP contribution in [-0.2, 0) is 24.2 Å². The monoisotopic (exact) mass is 443 g/mol. The van der Waals surface area contributed by atoms with Gasteiger partial charge in [-0.2, -0.15) is 0 Å². The van der Waals surface area contributed by atoms with Gasteiger partial charge in [-0.05, 0) is 44.2 Å². The number of benzene rings is 1. The van der Waals surface area contributed by atoms with Crippen LogP contribution in [-0.4, -0.2) is 37.4 Å². The van der Waals surface area contributed by atoms with Gasteiger partial charge in [-0.1, -0.05) is 42.0 Å². The van der Waals surface area contributed by atoms with E-state index in [0.29, 0.717) is 24.6 Å². The van der Waals surface area contributed by atoms with Crippen LogP contribution in [0.25, 0.3) is 6.08 Å². The van der Waals surface area contributed by atoms with Gasteiger partial charge in [0.2, 0.25) is 5.91 Å². The first-order valence-electron chi connectivity index (χ1n) is 10.3. The number of unbranched alkanes of at least 4 members (excludes halogenated alkanes) is 2. The summed E-state index contributed by atoms with van der Waals surface area (Å²) in [7, 11) is 0. The Hall–Kier alpha value is -3.13. The maximum atomic E-state index is 12.2. The number of nitrogens with one attached hydrogen (secondary N) is 2. The number of nitrogen functional groups attached to an aromatic ring is 1. The van der Waals surface area contributed by atoms with Gasteiger partial charge < -0.3 is 16.0 Å². The number of hydrogen-bond donors (Lipinski definition) is 3. The van der Waals surface area contributed by atoms with Crippen molar-refractivity contribution in [1.82, 2.24) is 30.3 Å². The molecule has 9 heteroatoms. The minimum atomic E-state index is -0.0711. The molecule has 0 unspecified atom stereocenters. The number of nitrogens with two attached hydrogens (primary N) is 1. The van der Waals surface area contributed by atoms with E-state index in [1.165, 1.54) is 0 Å². The lowest BCUT2D eigenvalue weighted by molar-refractivity contribution is -0.117. The molecule has 1 amide bonds. The van der Waals surface area contributed by atoms with E-state index in [0.717, 1.165) is 49.1 Å². The van der Waals surface area contributed by atoms with E-state index < -0.39 is 0 Å². The summed E-state index contributed by atoms with van der Waals surface area (Å²) in [5.74, 6) is 0.401. The van der Waals surface area contributed by atoms with Crippen LogP contribution in [0.3, 0.4) is 0 Å². The average molecular weight is 444 g/mol. The molecule has 0 spiro atoms. The average Bonchev–Trinajstić information content (AvgIpc) is 3.37. The number of anilines is 1. The first-order valence-corrected chi connectivity index (χ1v) is 10.3. The van der Waals surface area contributed by atoms with E-state index in [-0.39, 0.29) is 18.3 Å². The summed E-state index contributed by atoms with van der Waals surface area (Å²) in [6.45, 7) is 2.92. The van der Waals surface area contributed by atoms with Gasteiger partial charge in [0.05, 0.1) is 18.4 Å². The fourth-order valence-electron chi connectivity index (χ4n) is 3.15. The normalized spacial score (nSPS) is 11.2. The molecule has 3 aromatic rings. The molecule has 8 nitrogen and oxygen atoms in total. The summed E-state index contributed by atoms with van der Waals surface area (Å²) in [6, 6.07) is 9.81. The Kier molecular flexibility index (Phi) is 9.77. The van der Waals surface area contributed by atoms with Gasteiger partial charge in [0.15, 0.2) is 5.95 Å². The van der Waals surface area contributed by atoms with Crippen LogP contribution >= 0.6 is 12.4 Å². The molecule has 2 heterocycles. The lowest BCUT2D eigenvalue weighted by atomic mass is 10.1. The topological polar surface area (TPSA) is 115 Å². The molecule has 2 aromatic heterocycles. The quantitative estimate of drug-likeness (QED) is 0.311. The second-order valence-electron chi connectivity index (χ2n) is 7.32. The molecule has 31 heavy (non-hydrogen) atoms. The number of rotatable bonds is 11. The van der Waals surface area contributed by atoms with Crippen molar-refractivity contribution in [1.29, 1.82) is 0 Å². The highest BCUT2D eigenvalue weighted by Crippen LogP contribution is 2.08. The maximum Gasteiger partial charge on any atom is 0.246 e. The molecule has 0 aliphatic heterocycles. The minimum absolute atomic E-state index is 0.